The molecule has 26 heavy (non-hydrogen) atoms. The number of rotatable bonds is 12. The van der Waals surface area contributed by atoms with Crippen LogP contribution in [-0.4, -0.2) is 22.2 Å². The summed E-state index contributed by atoms with van der Waals surface area (Å²) in [5.41, 5.74) is 0.636. The fraction of sp³-hybridized carbons (Fsp3) is 0.400. The number of aromatic carboxylic acids is 2. The van der Waals surface area contributed by atoms with Crippen molar-refractivity contribution in [1.82, 2.24) is 0 Å². The molecule has 2 N–H and O–H groups in total. The fourth-order valence-corrected chi connectivity index (χ4v) is 3.02. The highest BCUT2D eigenvalue weighted by molar-refractivity contribution is 5.95. The molecular weight excluding hydrogens is 336 g/mol. The summed E-state index contributed by atoms with van der Waals surface area (Å²) in [5, 5.41) is 19.3. The minimum atomic E-state index is -1.15. The molecule has 6 nitrogen and oxygen atoms in total. The Morgan fingerprint density at radius 1 is 0.923 bits per heavy atom. The van der Waals surface area contributed by atoms with Crippen LogP contribution in [0.1, 0.15) is 83.6 Å². The molecule has 0 fully saturated rings. The van der Waals surface area contributed by atoms with Gasteiger partial charge in [-0.25, -0.2) is 9.59 Å². The maximum Gasteiger partial charge on any atom is 0.336 e. The van der Waals surface area contributed by atoms with Gasteiger partial charge in [0.05, 0.1) is 23.7 Å². The van der Waals surface area contributed by atoms with Crippen LogP contribution in [-0.2, 0) is 9.47 Å². The van der Waals surface area contributed by atoms with Crippen LogP contribution in [0.5, 0.6) is 0 Å². The third-order valence-corrected chi connectivity index (χ3v) is 4.01. The number of hydrogen-bond donors (Lipinski definition) is 2. The molecule has 0 bridgehead atoms. The summed E-state index contributed by atoms with van der Waals surface area (Å²) in [4.78, 5) is 23.6. The first-order chi connectivity index (χ1) is 12.4. The first-order valence-corrected chi connectivity index (χ1v) is 8.58. The number of ether oxygens (including phenoxy) is 2. The van der Waals surface area contributed by atoms with E-state index in [-0.39, 0.29) is 11.1 Å². The van der Waals surface area contributed by atoms with E-state index in [0.717, 1.165) is 12.8 Å². The van der Waals surface area contributed by atoms with Gasteiger partial charge in [0.25, 0.3) is 0 Å². The molecule has 0 aliphatic carbocycles. The van der Waals surface area contributed by atoms with Crippen molar-refractivity contribution in [3.8, 4) is 0 Å². The molecule has 0 saturated carbocycles. The predicted molar refractivity (Wildman–Crippen MR) is 98.2 cm³/mol. The fourth-order valence-electron chi connectivity index (χ4n) is 3.02. The van der Waals surface area contributed by atoms with Gasteiger partial charge in [-0.15, -0.1) is 0 Å². The Hall–Kier alpha value is -2.76. The van der Waals surface area contributed by atoms with Gasteiger partial charge in [0, 0.05) is 11.1 Å². The lowest BCUT2D eigenvalue weighted by atomic mass is 9.86. The number of hydrogen-bond acceptors (Lipinski definition) is 4. The molecule has 0 aromatic heterocycles. The highest BCUT2D eigenvalue weighted by Crippen LogP contribution is 2.38. The number of carboxylic acid groups (broad SMARTS) is 2. The van der Waals surface area contributed by atoms with E-state index in [9.17, 15) is 19.8 Å². The molecule has 0 spiro atoms. The molecule has 2 atom stereocenters. The molecule has 0 aliphatic heterocycles. The molecule has 0 aliphatic rings. The smallest absolute Gasteiger partial charge is 0.336 e. The Labute approximate surface area is 153 Å². The Kier molecular flexibility index (Phi) is 8.42. The lowest BCUT2D eigenvalue weighted by Gasteiger charge is -2.27. The molecule has 0 saturated heterocycles. The zero-order valence-electron chi connectivity index (χ0n) is 15.2. The van der Waals surface area contributed by atoms with Crippen molar-refractivity contribution in [3.05, 3.63) is 60.1 Å². The van der Waals surface area contributed by atoms with Gasteiger partial charge in [0.15, 0.2) is 0 Å². The van der Waals surface area contributed by atoms with Gasteiger partial charge in [-0.05, 0) is 25.0 Å². The summed E-state index contributed by atoms with van der Waals surface area (Å²) in [7, 11) is 0. The minimum absolute atomic E-state index is 0.000865. The van der Waals surface area contributed by atoms with Crippen LogP contribution >= 0.6 is 0 Å². The molecule has 0 amide bonds. The van der Waals surface area contributed by atoms with Crippen molar-refractivity contribution in [1.29, 1.82) is 0 Å². The van der Waals surface area contributed by atoms with Gasteiger partial charge in [0.2, 0.25) is 0 Å². The Bertz CT molecular complexity index is 608. The zero-order chi connectivity index (χ0) is 19.7. The van der Waals surface area contributed by atoms with Crippen LogP contribution in [0.25, 0.3) is 0 Å². The Morgan fingerprint density at radius 3 is 1.50 bits per heavy atom. The van der Waals surface area contributed by atoms with Crippen LogP contribution in [0.2, 0.25) is 0 Å². The van der Waals surface area contributed by atoms with E-state index in [1.165, 1.54) is 24.7 Å². The van der Waals surface area contributed by atoms with Gasteiger partial charge in [-0.2, -0.15) is 0 Å². The molecule has 2 unspecified atom stereocenters. The largest absolute Gasteiger partial charge is 0.494 e. The maximum atomic E-state index is 11.8. The highest BCUT2D eigenvalue weighted by Gasteiger charge is 2.31. The van der Waals surface area contributed by atoms with Crippen LogP contribution in [0.4, 0.5) is 0 Å². The van der Waals surface area contributed by atoms with Crippen molar-refractivity contribution >= 4 is 11.9 Å². The summed E-state index contributed by atoms with van der Waals surface area (Å²) in [6, 6.07) is 2.60. The van der Waals surface area contributed by atoms with Crippen LogP contribution < -0.4 is 0 Å². The summed E-state index contributed by atoms with van der Waals surface area (Å²) in [5.74, 6) is -2.30. The van der Waals surface area contributed by atoms with Crippen molar-refractivity contribution in [2.24, 2.45) is 0 Å². The second-order valence-corrected chi connectivity index (χ2v) is 5.76. The monoisotopic (exact) mass is 362 g/mol. The van der Waals surface area contributed by atoms with E-state index in [2.05, 4.69) is 13.2 Å². The minimum Gasteiger partial charge on any atom is -0.494 e. The van der Waals surface area contributed by atoms with Gasteiger partial charge < -0.3 is 19.7 Å². The van der Waals surface area contributed by atoms with E-state index < -0.39 is 24.1 Å². The molecule has 0 radical (unpaired) electrons. The van der Waals surface area contributed by atoms with Crippen LogP contribution in [0, 0.1) is 0 Å². The lowest BCUT2D eigenvalue weighted by molar-refractivity contribution is 0.0658. The molecule has 1 aromatic carbocycles. The molecule has 1 aromatic rings. The summed E-state index contributed by atoms with van der Waals surface area (Å²) in [6.07, 6.45) is 3.67. The van der Waals surface area contributed by atoms with Crippen LogP contribution in [0.3, 0.4) is 0 Å². The Balaban J connectivity index is 3.84. The van der Waals surface area contributed by atoms with E-state index in [1.807, 2.05) is 13.8 Å². The summed E-state index contributed by atoms with van der Waals surface area (Å²) < 4.78 is 11.1. The Morgan fingerprint density at radius 2 is 1.27 bits per heavy atom. The van der Waals surface area contributed by atoms with Gasteiger partial charge >= 0.3 is 11.9 Å². The molecule has 6 heteroatoms. The third kappa shape index (κ3) is 4.88. The van der Waals surface area contributed by atoms with Gasteiger partial charge in [-0.1, -0.05) is 39.8 Å². The lowest BCUT2D eigenvalue weighted by Crippen LogP contribution is -2.19. The molecule has 1 rings (SSSR count). The SMILES string of the molecule is C=COC(CCC)c1c(C(=O)O)ccc(C(=O)O)c1C(CCC)OC=C. The number of carbonyl (C=O) groups is 2. The predicted octanol–water partition coefficient (Wildman–Crippen LogP) is 5.09. The van der Waals surface area contributed by atoms with Gasteiger partial charge in [-0.3, -0.25) is 0 Å². The average molecular weight is 362 g/mol. The topological polar surface area (TPSA) is 93.1 Å². The quantitative estimate of drug-likeness (QED) is 0.503. The average Bonchev–Trinajstić information content (AvgIpc) is 2.60. The second-order valence-electron chi connectivity index (χ2n) is 5.76. The van der Waals surface area contributed by atoms with Gasteiger partial charge in [0.1, 0.15) is 12.2 Å². The van der Waals surface area contributed by atoms with E-state index in [0.29, 0.717) is 24.0 Å². The summed E-state index contributed by atoms with van der Waals surface area (Å²) in [6.45, 7) is 11.0. The zero-order valence-corrected chi connectivity index (χ0v) is 15.2. The molecule has 0 heterocycles. The van der Waals surface area contributed by atoms with E-state index in [4.69, 9.17) is 9.47 Å². The first kappa shape index (κ1) is 21.3. The van der Waals surface area contributed by atoms with Crippen molar-refractivity contribution in [3.63, 3.8) is 0 Å². The van der Waals surface area contributed by atoms with Crippen molar-refractivity contribution < 1.29 is 29.3 Å². The number of carboxylic acids is 2. The second kappa shape index (κ2) is 10.3. The van der Waals surface area contributed by atoms with Crippen molar-refractivity contribution in [2.45, 2.75) is 51.7 Å². The standard InChI is InChI=1S/C20H26O6/c1-5-9-15(25-7-3)17-13(19(21)22)11-12-14(20(23)24)18(17)16(10-6-2)26-8-4/h7-8,11-12,15-16H,3-6,9-10H2,1-2H3,(H,21,22)(H,23,24). The summed E-state index contributed by atoms with van der Waals surface area (Å²) >= 11 is 0. The van der Waals surface area contributed by atoms with E-state index in [1.54, 1.807) is 0 Å². The van der Waals surface area contributed by atoms with E-state index >= 15 is 0 Å². The molecular formula is C20H26O6. The number of benzene rings is 1. The molecule has 142 valence electrons. The third-order valence-electron chi connectivity index (χ3n) is 4.01. The normalized spacial score (nSPS) is 12.7. The first-order valence-electron chi connectivity index (χ1n) is 8.58. The maximum absolute atomic E-state index is 11.8. The van der Waals surface area contributed by atoms with Crippen LogP contribution in [0.15, 0.2) is 37.8 Å². The van der Waals surface area contributed by atoms with Crippen molar-refractivity contribution in [2.75, 3.05) is 0 Å². The highest BCUT2D eigenvalue weighted by atomic mass is 16.5.